The zero-order valence-electron chi connectivity index (χ0n) is 17.2. The van der Waals surface area contributed by atoms with Crippen molar-refractivity contribution in [2.75, 3.05) is 33.2 Å². The van der Waals surface area contributed by atoms with Crippen LogP contribution in [0.4, 0.5) is 0 Å². The molecule has 1 spiro atoms. The van der Waals surface area contributed by atoms with Crippen molar-refractivity contribution >= 4 is 15.9 Å². The number of amides is 1. The highest BCUT2D eigenvalue weighted by molar-refractivity contribution is 7.91. The number of aliphatic hydroxyl groups is 1. The van der Waals surface area contributed by atoms with Gasteiger partial charge in [0.2, 0.25) is 15.9 Å². The normalized spacial score (nSPS) is 30.6. The van der Waals surface area contributed by atoms with Crippen molar-refractivity contribution in [3.05, 3.63) is 23.9 Å². The van der Waals surface area contributed by atoms with E-state index in [0.29, 0.717) is 32.5 Å². The van der Waals surface area contributed by atoms with Crippen molar-refractivity contribution in [1.82, 2.24) is 14.1 Å². The Morgan fingerprint density at radius 2 is 2.21 bits per heavy atom. The maximum atomic E-state index is 13.5. The van der Waals surface area contributed by atoms with Crippen LogP contribution in [0.25, 0.3) is 0 Å². The third-order valence-electron chi connectivity index (χ3n) is 6.68. The van der Waals surface area contributed by atoms with Gasteiger partial charge in [-0.25, -0.2) is 8.42 Å². The zero-order chi connectivity index (χ0) is 20.5. The Kier molecular flexibility index (Phi) is 6.22. The Morgan fingerprint density at radius 1 is 1.46 bits per heavy atom. The van der Waals surface area contributed by atoms with E-state index >= 15 is 0 Å². The number of nitrogens with zero attached hydrogens (tertiary/aromatic N) is 3. The van der Waals surface area contributed by atoms with Gasteiger partial charge in [-0.15, -0.1) is 0 Å². The number of carbonyl (C=O) groups is 1. The van der Waals surface area contributed by atoms with Crippen molar-refractivity contribution in [3.63, 3.8) is 0 Å². The van der Waals surface area contributed by atoms with E-state index in [0.717, 1.165) is 25.0 Å². The average Bonchev–Trinajstić information content (AvgIpc) is 3.20. The Morgan fingerprint density at radius 3 is 2.82 bits per heavy atom. The number of sulfonamides is 1. The molecule has 0 aromatic carbocycles. The van der Waals surface area contributed by atoms with Gasteiger partial charge < -0.3 is 10.0 Å². The minimum absolute atomic E-state index is 0.0342. The smallest absolute Gasteiger partial charge is 0.244 e. The van der Waals surface area contributed by atoms with E-state index in [2.05, 4.69) is 11.8 Å². The molecule has 2 saturated heterocycles. The van der Waals surface area contributed by atoms with Gasteiger partial charge in [0.05, 0.1) is 12.6 Å². The summed E-state index contributed by atoms with van der Waals surface area (Å²) in [6.45, 7) is 5.47. The maximum absolute atomic E-state index is 13.5. The first-order valence-electron chi connectivity index (χ1n) is 10.2. The predicted molar refractivity (Wildman–Crippen MR) is 109 cm³/mol. The van der Waals surface area contributed by atoms with Gasteiger partial charge in [-0.1, -0.05) is 19.1 Å². The molecule has 8 heteroatoms. The third-order valence-corrected chi connectivity index (χ3v) is 9.27. The molecule has 1 unspecified atom stereocenters. The highest BCUT2D eigenvalue weighted by Crippen LogP contribution is 2.44. The number of hydrogen-bond donors (Lipinski definition) is 1. The van der Waals surface area contributed by atoms with Gasteiger partial charge in [-0.3, -0.25) is 14.0 Å². The largest absolute Gasteiger partial charge is 0.389 e. The minimum Gasteiger partial charge on any atom is -0.389 e. The van der Waals surface area contributed by atoms with Crippen molar-refractivity contribution in [2.24, 2.45) is 0 Å². The Bertz CT molecular complexity index is 763. The lowest BCUT2D eigenvalue weighted by Gasteiger charge is -2.31. The molecule has 3 atom stereocenters. The van der Waals surface area contributed by atoms with Crippen LogP contribution < -0.4 is 0 Å². The van der Waals surface area contributed by atoms with E-state index in [9.17, 15) is 18.3 Å². The van der Waals surface area contributed by atoms with E-state index in [4.69, 9.17) is 0 Å². The molecule has 2 heterocycles. The summed E-state index contributed by atoms with van der Waals surface area (Å²) >= 11 is 0. The van der Waals surface area contributed by atoms with Crippen LogP contribution in [-0.2, 0) is 14.8 Å². The molecule has 0 bridgehead atoms. The van der Waals surface area contributed by atoms with Gasteiger partial charge in [0.1, 0.15) is 4.75 Å². The predicted octanol–water partition coefficient (Wildman–Crippen LogP) is 1.32. The number of aliphatic hydroxyl groups excluding tert-OH is 1. The highest BCUT2D eigenvalue weighted by atomic mass is 32.2. The molecule has 0 aromatic rings. The number of carbonyl (C=O) groups excluding carboxylic acids is 1. The Balaban J connectivity index is 1.75. The topological polar surface area (TPSA) is 81.2 Å². The summed E-state index contributed by atoms with van der Waals surface area (Å²) in [5.41, 5.74) is 0.784. The number of allylic oxidation sites excluding steroid dienone is 4. The average molecular weight is 412 g/mol. The first kappa shape index (κ1) is 21.3. The van der Waals surface area contributed by atoms with Crippen LogP contribution in [0.5, 0.6) is 0 Å². The number of likely N-dealkylation sites (tertiary alicyclic amines) is 1. The maximum Gasteiger partial charge on any atom is 0.244 e. The molecule has 2 aliphatic heterocycles. The van der Waals surface area contributed by atoms with Crippen molar-refractivity contribution < 1.29 is 18.3 Å². The summed E-state index contributed by atoms with van der Waals surface area (Å²) in [6.07, 6.45) is 8.56. The summed E-state index contributed by atoms with van der Waals surface area (Å²) in [7, 11) is -1.83. The van der Waals surface area contributed by atoms with Crippen LogP contribution in [0.3, 0.4) is 0 Å². The molecule has 0 radical (unpaired) electrons. The van der Waals surface area contributed by atoms with E-state index in [1.165, 1.54) is 4.31 Å². The molecule has 1 N–H and O–H groups in total. The van der Waals surface area contributed by atoms with E-state index < -0.39 is 20.9 Å². The fourth-order valence-electron chi connectivity index (χ4n) is 4.66. The molecule has 2 fully saturated rings. The molecule has 7 nitrogen and oxygen atoms in total. The summed E-state index contributed by atoms with van der Waals surface area (Å²) < 4.78 is 27.3. The summed E-state index contributed by atoms with van der Waals surface area (Å²) in [5.74, 6) is 0.0342. The fourth-order valence-corrected chi connectivity index (χ4v) is 6.99. The molecule has 3 aliphatic rings. The van der Waals surface area contributed by atoms with Crippen LogP contribution in [0, 0.1) is 0 Å². The van der Waals surface area contributed by atoms with Crippen molar-refractivity contribution in [2.45, 2.75) is 62.8 Å². The molecular weight excluding hydrogens is 378 g/mol. The third kappa shape index (κ3) is 3.62. The first-order valence-corrected chi connectivity index (χ1v) is 11.7. The summed E-state index contributed by atoms with van der Waals surface area (Å²) in [4.78, 5) is 15.4. The van der Waals surface area contributed by atoms with Crippen LogP contribution in [0.15, 0.2) is 23.9 Å². The summed E-state index contributed by atoms with van der Waals surface area (Å²) in [5, 5.41) is 10.8. The molecule has 0 aromatic heterocycles. The quantitative estimate of drug-likeness (QED) is 0.713. The molecule has 0 saturated carbocycles. The standard InChI is InChI=1S/C20H33N3O4S/c1-4-17(10-12-21(3)16(2)24)22-13-11-20(15-22)19(25)14-23(28(20,26)27)18-8-6-5-7-9-18/h5-6,8,17,19,25H,4,7,9-15H2,1-3H3/t17?,19-,20-/m1/s1. The molecular formula is C20H33N3O4S. The Hall–Kier alpha value is -1.38. The second-order valence-electron chi connectivity index (χ2n) is 8.25. The fraction of sp³-hybridized carbons (Fsp3) is 0.750. The van der Waals surface area contributed by atoms with Gasteiger partial charge in [-0.05, 0) is 38.2 Å². The molecule has 158 valence electrons. The van der Waals surface area contributed by atoms with E-state index in [1.807, 2.05) is 18.2 Å². The first-order chi connectivity index (χ1) is 13.2. The monoisotopic (exact) mass is 411 g/mol. The molecule has 3 rings (SSSR count). The van der Waals surface area contributed by atoms with Crippen molar-refractivity contribution in [3.8, 4) is 0 Å². The van der Waals surface area contributed by atoms with Gasteiger partial charge in [0.15, 0.2) is 0 Å². The summed E-state index contributed by atoms with van der Waals surface area (Å²) in [6, 6.07) is 0.203. The van der Waals surface area contributed by atoms with Crippen LogP contribution in [0.1, 0.15) is 46.0 Å². The SMILES string of the molecule is CCC(CCN(C)C(C)=O)N1CC[C@@]2(C1)[C@H](O)CN(C1=CC=CCC1)S2(=O)=O. The van der Waals surface area contributed by atoms with Gasteiger partial charge in [-0.2, -0.15) is 0 Å². The highest BCUT2D eigenvalue weighted by Gasteiger charge is 2.62. The zero-order valence-corrected chi connectivity index (χ0v) is 18.0. The number of rotatable bonds is 6. The minimum atomic E-state index is -3.62. The molecule has 1 aliphatic carbocycles. The second kappa shape index (κ2) is 8.16. The number of β-amino-alcohol motifs (C(OH)–C–C–N with tert-alkyl or cyclic N) is 1. The number of hydrogen-bond acceptors (Lipinski definition) is 5. The lowest BCUT2D eigenvalue weighted by molar-refractivity contribution is -0.127. The van der Waals surface area contributed by atoms with Crippen LogP contribution >= 0.6 is 0 Å². The lowest BCUT2D eigenvalue weighted by atomic mass is 10.00. The molecule has 28 heavy (non-hydrogen) atoms. The lowest BCUT2D eigenvalue weighted by Crippen LogP contribution is -2.49. The van der Waals surface area contributed by atoms with Gasteiger partial charge in [0, 0.05) is 45.3 Å². The van der Waals surface area contributed by atoms with Crippen molar-refractivity contribution in [1.29, 1.82) is 0 Å². The molecule has 1 amide bonds. The van der Waals surface area contributed by atoms with E-state index in [-0.39, 0.29) is 18.5 Å². The van der Waals surface area contributed by atoms with E-state index in [1.54, 1.807) is 18.9 Å². The Labute approximate surface area is 168 Å². The van der Waals surface area contributed by atoms with Crippen LogP contribution in [-0.4, -0.2) is 83.7 Å². The van der Waals surface area contributed by atoms with Gasteiger partial charge in [0.25, 0.3) is 0 Å². The second-order valence-corrected chi connectivity index (χ2v) is 10.5. The van der Waals surface area contributed by atoms with Crippen LogP contribution in [0.2, 0.25) is 0 Å². The van der Waals surface area contributed by atoms with Gasteiger partial charge >= 0.3 is 0 Å².